The number of ether oxygens (including phenoxy) is 1. The van der Waals surface area contributed by atoms with Crippen LogP contribution in [-0.4, -0.2) is 50.8 Å². The van der Waals surface area contributed by atoms with Gasteiger partial charge < -0.3 is 15.0 Å². The minimum absolute atomic E-state index is 0.0257. The number of anilines is 1. The van der Waals surface area contributed by atoms with Crippen LogP contribution in [-0.2, 0) is 32.6 Å². The van der Waals surface area contributed by atoms with Gasteiger partial charge in [-0.25, -0.2) is 8.42 Å². The highest BCUT2D eigenvalue weighted by Crippen LogP contribution is 2.32. The summed E-state index contributed by atoms with van der Waals surface area (Å²) in [6.07, 6.45) is 3.45. The number of rotatable bonds is 7. The van der Waals surface area contributed by atoms with Crippen LogP contribution in [0.25, 0.3) is 0 Å². The van der Waals surface area contributed by atoms with Crippen molar-refractivity contribution in [2.75, 3.05) is 25.1 Å². The second-order valence-electron chi connectivity index (χ2n) is 8.86. The van der Waals surface area contributed by atoms with Gasteiger partial charge in [0.05, 0.1) is 12.0 Å². The normalized spacial score (nSPS) is 18.9. The molecule has 2 aliphatic rings. The van der Waals surface area contributed by atoms with Gasteiger partial charge in [-0.15, -0.1) is 0 Å². The third-order valence-corrected chi connectivity index (χ3v) is 8.56. The fraction of sp³-hybridized carbons (Fsp3) is 0.440. The Kier molecular flexibility index (Phi) is 7.23. The van der Waals surface area contributed by atoms with Crippen molar-refractivity contribution in [1.29, 1.82) is 0 Å². The number of fused-ring (bicyclic) bond motifs is 1. The molecule has 4 rings (SSSR count). The standard InChI is InChI=1S/C25H31N3O5S/c1-18-5-3-4-14-28(18)34(31,32)22-11-12-23-20(15-22)8-13-25(30)27(23)17-24(29)26-16-19-6-9-21(33-2)10-7-19/h6-7,9-12,15,18H,3-5,8,13-14,16-17H2,1-2H3,(H,26,29)/t18-/m1/s1. The zero-order valence-corrected chi connectivity index (χ0v) is 20.4. The van der Waals surface area contributed by atoms with Crippen LogP contribution in [0.1, 0.15) is 43.7 Å². The van der Waals surface area contributed by atoms with E-state index in [-0.39, 0.29) is 35.7 Å². The molecule has 2 aromatic carbocycles. The largest absolute Gasteiger partial charge is 0.497 e. The average molecular weight is 486 g/mol. The Bertz CT molecular complexity index is 1160. The van der Waals surface area contributed by atoms with E-state index in [2.05, 4.69) is 5.32 Å². The summed E-state index contributed by atoms with van der Waals surface area (Å²) in [5, 5.41) is 2.84. The van der Waals surface area contributed by atoms with Gasteiger partial charge >= 0.3 is 0 Å². The van der Waals surface area contributed by atoms with Gasteiger partial charge in [0, 0.05) is 31.2 Å². The first-order valence-electron chi connectivity index (χ1n) is 11.6. The predicted molar refractivity (Wildman–Crippen MR) is 129 cm³/mol. The number of benzene rings is 2. The third-order valence-electron chi connectivity index (χ3n) is 6.55. The molecule has 0 bridgehead atoms. The molecule has 2 amide bonds. The molecule has 1 fully saturated rings. The van der Waals surface area contributed by atoms with E-state index < -0.39 is 10.0 Å². The van der Waals surface area contributed by atoms with Crippen molar-refractivity contribution in [1.82, 2.24) is 9.62 Å². The van der Waals surface area contributed by atoms with E-state index in [1.165, 1.54) is 4.90 Å². The number of aryl methyl sites for hydroxylation is 1. The van der Waals surface area contributed by atoms with Crippen molar-refractivity contribution in [2.24, 2.45) is 0 Å². The molecule has 0 spiro atoms. The van der Waals surface area contributed by atoms with E-state index in [9.17, 15) is 18.0 Å². The predicted octanol–water partition coefficient (Wildman–Crippen LogP) is 2.85. The maximum atomic E-state index is 13.2. The fourth-order valence-electron chi connectivity index (χ4n) is 4.58. The molecule has 1 saturated heterocycles. The lowest BCUT2D eigenvalue weighted by molar-refractivity contribution is -0.124. The number of hydrogen-bond donors (Lipinski definition) is 1. The Balaban J connectivity index is 1.47. The van der Waals surface area contributed by atoms with Crippen LogP contribution in [0.15, 0.2) is 47.4 Å². The van der Waals surface area contributed by atoms with E-state index in [1.807, 2.05) is 31.2 Å². The number of sulfonamides is 1. The summed E-state index contributed by atoms with van der Waals surface area (Å²) in [6.45, 7) is 2.69. The highest BCUT2D eigenvalue weighted by Gasteiger charge is 2.33. The van der Waals surface area contributed by atoms with Crippen molar-refractivity contribution in [3.8, 4) is 5.75 Å². The lowest BCUT2D eigenvalue weighted by Gasteiger charge is -2.33. The van der Waals surface area contributed by atoms with Crippen LogP contribution in [0, 0.1) is 0 Å². The van der Waals surface area contributed by atoms with Gasteiger partial charge in [-0.3, -0.25) is 9.59 Å². The van der Waals surface area contributed by atoms with E-state index in [0.29, 0.717) is 25.2 Å². The molecule has 0 unspecified atom stereocenters. The van der Waals surface area contributed by atoms with Crippen LogP contribution in [0.5, 0.6) is 5.75 Å². The number of carbonyl (C=O) groups excluding carboxylic acids is 2. The molecular weight excluding hydrogens is 454 g/mol. The second kappa shape index (κ2) is 10.1. The fourth-order valence-corrected chi connectivity index (χ4v) is 6.33. The van der Waals surface area contributed by atoms with E-state index in [4.69, 9.17) is 4.74 Å². The minimum Gasteiger partial charge on any atom is -0.497 e. The van der Waals surface area contributed by atoms with Gasteiger partial charge in [-0.1, -0.05) is 18.6 Å². The number of hydrogen-bond acceptors (Lipinski definition) is 5. The summed E-state index contributed by atoms with van der Waals surface area (Å²) in [4.78, 5) is 26.9. The van der Waals surface area contributed by atoms with Gasteiger partial charge in [-0.05, 0) is 67.6 Å². The molecule has 1 N–H and O–H groups in total. The molecule has 0 radical (unpaired) electrons. The maximum Gasteiger partial charge on any atom is 0.243 e. The monoisotopic (exact) mass is 485 g/mol. The molecule has 8 nitrogen and oxygen atoms in total. The Morgan fingerprint density at radius 2 is 1.88 bits per heavy atom. The Labute approximate surface area is 200 Å². The number of piperidine rings is 1. The van der Waals surface area contributed by atoms with Crippen molar-refractivity contribution in [2.45, 2.75) is 56.5 Å². The van der Waals surface area contributed by atoms with Gasteiger partial charge in [-0.2, -0.15) is 4.31 Å². The smallest absolute Gasteiger partial charge is 0.243 e. The quantitative estimate of drug-likeness (QED) is 0.651. The molecule has 9 heteroatoms. The second-order valence-corrected chi connectivity index (χ2v) is 10.7. The summed E-state index contributed by atoms with van der Waals surface area (Å²) in [6, 6.07) is 12.2. The molecule has 2 aliphatic heterocycles. The molecular formula is C25H31N3O5S. The van der Waals surface area contributed by atoms with Crippen LogP contribution >= 0.6 is 0 Å². The first kappa shape index (κ1) is 24.2. The van der Waals surface area contributed by atoms with E-state index >= 15 is 0 Å². The maximum absolute atomic E-state index is 13.2. The Hall–Kier alpha value is -2.91. The number of amides is 2. The summed E-state index contributed by atoms with van der Waals surface area (Å²) in [5.74, 6) is 0.310. The van der Waals surface area contributed by atoms with Crippen molar-refractivity contribution >= 4 is 27.5 Å². The molecule has 2 aromatic rings. The van der Waals surface area contributed by atoms with Crippen LogP contribution in [0.2, 0.25) is 0 Å². The zero-order chi connectivity index (χ0) is 24.3. The Morgan fingerprint density at radius 3 is 2.59 bits per heavy atom. The van der Waals surface area contributed by atoms with Gasteiger partial charge in [0.1, 0.15) is 12.3 Å². The first-order chi connectivity index (χ1) is 16.3. The third kappa shape index (κ3) is 5.10. The molecule has 0 aromatic heterocycles. The average Bonchev–Trinajstić information content (AvgIpc) is 2.84. The molecule has 0 aliphatic carbocycles. The van der Waals surface area contributed by atoms with Crippen molar-refractivity contribution in [3.63, 3.8) is 0 Å². The van der Waals surface area contributed by atoms with Crippen LogP contribution in [0.4, 0.5) is 5.69 Å². The van der Waals surface area contributed by atoms with Crippen LogP contribution in [0.3, 0.4) is 0 Å². The van der Waals surface area contributed by atoms with Crippen molar-refractivity contribution in [3.05, 3.63) is 53.6 Å². The SMILES string of the molecule is COc1ccc(CNC(=O)CN2C(=O)CCc3cc(S(=O)(=O)N4CCCC[C@H]4C)ccc32)cc1. The molecule has 34 heavy (non-hydrogen) atoms. The van der Waals surface area contributed by atoms with Gasteiger partial charge in [0.25, 0.3) is 0 Å². The highest BCUT2D eigenvalue weighted by atomic mass is 32.2. The van der Waals surface area contributed by atoms with Crippen LogP contribution < -0.4 is 15.0 Å². The van der Waals surface area contributed by atoms with Gasteiger partial charge in [0.15, 0.2) is 0 Å². The summed E-state index contributed by atoms with van der Waals surface area (Å²) in [7, 11) is -2.01. The number of nitrogens with zero attached hydrogens (tertiary/aromatic N) is 2. The van der Waals surface area contributed by atoms with Crippen molar-refractivity contribution < 1.29 is 22.7 Å². The number of methoxy groups -OCH3 is 1. The molecule has 0 saturated carbocycles. The van der Waals surface area contributed by atoms with E-state index in [0.717, 1.165) is 36.1 Å². The topological polar surface area (TPSA) is 96.0 Å². The highest BCUT2D eigenvalue weighted by molar-refractivity contribution is 7.89. The molecule has 1 atom stereocenters. The lowest BCUT2D eigenvalue weighted by atomic mass is 10.0. The summed E-state index contributed by atoms with van der Waals surface area (Å²) < 4.78 is 33.2. The van der Waals surface area contributed by atoms with E-state index in [1.54, 1.807) is 29.6 Å². The summed E-state index contributed by atoms with van der Waals surface area (Å²) >= 11 is 0. The number of nitrogens with one attached hydrogen (secondary N) is 1. The molecule has 182 valence electrons. The Morgan fingerprint density at radius 1 is 1.12 bits per heavy atom. The minimum atomic E-state index is -3.60. The summed E-state index contributed by atoms with van der Waals surface area (Å²) in [5.41, 5.74) is 2.29. The lowest BCUT2D eigenvalue weighted by Crippen LogP contribution is -2.43. The van der Waals surface area contributed by atoms with Gasteiger partial charge in [0.2, 0.25) is 21.8 Å². The first-order valence-corrected chi connectivity index (χ1v) is 13.1. The number of carbonyl (C=O) groups is 2. The zero-order valence-electron chi connectivity index (χ0n) is 19.6. The molecule has 2 heterocycles.